The molecule has 7 heteroatoms. The smallest absolute Gasteiger partial charge is 0.308 e. The summed E-state index contributed by atoms with van der Waals surface area (Å²) in [6, 6.07) is 15.0. The minimum atomic E-state index is -0.516. The van der Waals surface area contributed by atoms with E-state index in [2.05, 4.69) is 6.07 Å². The van der Waals surface area contributed by atoms with Crippen LogP contribution in [0.3, 0.4) is 0 Å². The maximum atomic E-state index is 11.7. The van der Waals surface area contributed by atoms with Crippen LogP contribution >= 0.6 is 0 Å². The van der Waals surface area contributed by atoms with Crippen LogP contribution in [0.4, 0.5) is 0 Å². The largest absolute Gasteiger partial charge is 0.497 e. The van der Waals surface area contributed by atoms with Gasteiger partial charge in [-0.05, 0) is 23.8 Å². The zero-order valence-corrected chi connectivity index (χ0v) is 17.9. The number of nitrogens with zero attached hydrogens (tertiary/aromatic N) is 1. The van der Waals surface area contributed by atoms with Crippen LogP contribution in [0.15, 0.2) is 42.5 Å². The lowest BCUT2D eigenvalue weighted by molar-refractivity contribution is -0.131. The van der Waals surface area contributed by atoms with Crippen molar-refractivity contribution in [3.8, 4) is 34.8 Å². The number of benzene rings is 3. The maximum absolute atomic E-state index is 11.7. The standard InChI is InChI=1S/C24H23NO6/c1-15(26)31-21-19-7-5-6-17(14-25)20(19)22(24(29-4)23(21)28-3)30-13-12-16-8-10-18(27-2)11-9-16/h5-11H,12-13H2,1-4H3. The first-order valence-corrected chi connectivity index (χ1v) is 9.58. The van der Waals surface area contributed by atoms with Crippen molar-refractivity contribution in [1.82, 2.24) is 0 Å². The van der Waals surface area contributed by atoms with Crippen molar-refractivity contribution in [2.24, 2.45) is 0 Å². The summed E-state index contributed by atoms with van der Waals surface area (Å²) in [5.41, 5.74) is 1.43. The van der Waals surface area contributed by atoms with Gasteiger partial charge in [0.15, 0.2) is 11.5 Å². The van der Waals surface area contributed by atoms with Crippen LogP contribution in [-0.4, -0.2) is 33.9 Å². The highest BCUT2D eigenvalue weighted by Crippen LogP contribution is 2.52. The Balaban J connectivity index is 2.08. The Morgan fingerprint density at radius 2 is 1.58 bits per heavy atom. The number of carbonyl (C=O) groups excluding carboxylic acids is 1. The summed E-state index contributed by atoms with van der Waals surface area (Å²) in [4.78, 5) is 11.7. The molecular weight excluding hydrogens is 398 g/mol. The van der Waals surface area contributed by atoms with Gasteiger partial charge >= 0.3 is 5.97 Å². The second-order valence-corrected chi connectivity index (χ2v) is 6.60. The molecule has 31 heavy (non-hydrogen) atoms. The summed E-state index contributed by atoms with van der Waals surface area (Å²) in [6.07, 6.45) is 0.622. The van der Waals surface area contributed by atoms with Crippen molar-refractivity contribution in [2.45, 2.75) is 13.3 Å². The van der Waals surface area contributed by atoms with Gasteiger partial charge in [-0.15, -0.1) is 0 Å². The SMILES string of the molecule is COc1ccc(CCOc2c(OC)c(OC)c(OC(C)=O)c3cccc(C#N)c23)cc1. The van der Waals surface area contributed by atoms with Gasteiger partial charge in [-0.2, -0.15) is 5.26 Å². The Hall–Kier alpha value is -3.92. The highest BCUT2D eigenvalue weighted by atomic mass is 16.6. The van der Waals surface area contributed by atoms with Crippen LogP contribution in [0.1, 0.15) is 18.1 Å². The first-order chi connectivity index (χ1) is 15.0. The molecule has 0 saturated heterocycles. The lowest BCUT2D eigenvalue weighted by Crippen LogP contribution is -2.08. The highest BCUT2D eigenvalue weighted by Gasteiger charge is 2.26. The van der Waals surface area contributed by atoms with Gasteiger partial charge in [-0.1, -0.05) is 24.3 Å². The molecule has 3 rings (SSSR count). The van der Waals surface area contributed by atoms with Crippen LogP contribution in [0.2, 0.25) is 0 Å². The second-order valence-electron chi connectivity index (χ2n) is 6.60. The first kappa shape index (κ1) is 21.8. The van der Waals surface area contributed by atoms with Crippen molar-refractivity contribution in [3.63, 3.8) is 0 Å². The lowest BCUT2D eigenvalue weighted by Gasteiger charge is -2.20. The number of hydrogen-bond donors (Lipinski definition) is 0. The Labute approximate surface area is 180 Å². The molecule has 7 nitrogen and oxygen atoms in total. The van der Waals surface area contributed by atoms with Crippen molar-refractivity contribution in [1.29, 1.82) is 5.26 Å². The van der Waals surface area contributed by atoms with E-state index in [1.54, 1.807) is 25.3 Å². The van der Waals surface area contributed by atoms with Crippen molar-refractivity contribution < 1.29 is 28.5 Å². The van der Waals surface area contributed by atoms with Crippen LogP contribution in [-0.2, 0) is 11.2 Å². The third-order valence-electron chi connectivity index (χ3n) is 4.73. The van der Waals surface area contributed by atoms with Crippen LogP contribution in [0, 0.1) is 11.3 Å². The minimum Gasteiger partial charge on any atom is -0.497 e. The molecule has 0 unspecified atom stereocenters. The molecule has 0 amide bonds. The topological polar surface area (TPSA) is 87.0 Å². The van der Waals surface area contributed by atoms with Crippen molar-refractivity contribution in [2.75, 3.05) is 27.9 Å². The van der Waals surface area contributed by atoms with Crippen molar-refractivity contribution >= 4 is 16.7 Å². The van der Waals surface area contributed by atoms with E-state index >= 15 is 0 Å². The Morgan fingerprint density at radius 3 is 2.16 bits per heavy atom. The number of carbonyl (C=O) groups is 1. The summed E-state index contributed by atoms with van der Waals surface area (Å²) in [6.45, 7) is 1.62. The zero-order chi connectivity index (χ0) is 22.4. The summed E-state index contributed by atoms with van der Waals surface area (Å²) in [7, 11) is 4.54. The molecule has 0 N–H and O–H groups in total. The van der Waals surface area contributed by atoms with Gasteiger partial charge in [0, 0.05) is 24.1 Å². The second kappa shape index (κ2) is 9.72. The van der Waals surface area contributed by atoms with E-state index in [4.69, 9.17) is 23.7 Å². The number of esters is 1. The molecule has 0 bridgehead atoms. The molecule has 0 saturated carbocycles. The predicted octanol–water partition coefficient (Wildman–Crippen LogP) is 4.28. The van der Waals surface area contributed by atoms with Gasteiger partial charge in [0.2, 0.25) is 11.5 Å². The number of methoxy groups -OCH3 is 3. The van der Waals surface area contributed by atoms with Gasteiger partial charge in [0.25, 0.3) is 0 Å². The third kappa shape index (κ3) is 4.48. The molecule has 0 aromatic heterocycles. The predicted molar refractivity (Wildman–Crippen MR) is 115 cm³/mol. The number of nitriles is 1. The molecule has 0 aliphatic heterocycles. The van der Waals surface area contributed by atoms with Crippen molar-refractivity contribution in [3.05, 3.63) is 53.6 Å². The van der Waals surface area contributed by atoms with Gasteiger partial charge in [-0.25, -0.2) is 0 Å². The number of fused-ring (bicyclic) bond motifs is 1. The monoisotopic (exact) mass is 421 g/mol. The summed E-state index contributed by atoms with van der Waals surface area (Å²) < 4.78 is 27.8. The highest BCUT2D eigenvalue weighted by molar-refractivity contribution is 6.03. The summed E-state index contributed by atoms with van der Waals surface area (Å²) >= 11 is 0. The zero-order valence-electron chi connectivity index (χ0n) is 17.9. The van der Waals surface area contributed by atoms with Crippen LogP contribution in [0.25, 0.3) is 10.8 Å². The number of ether oxygens (including phenoxy) is 5. The number of hydrogen-bond acceptors (Lipinski definition) is 7. The van der Waals surface area contributed by atoms with Gasteiger partial charge < -0.3 is 23.7 Å². The van der Waals surface area contributed by atoms with Crippen LogP contribution < -0.4 is 23.7 Å². The maximum Gasteiger partial charge on any atom is 0.308 e. The molecule has 0 heterocycles. The Bertz CT molecular complexity index is 1130. The molecule has 0 aliphatic rings. The fourth-order valence-corrected chi connectivity index (χ4v) is 3.34. The lowest BCUT2D eigenvalue weighted by atomic mass is 10.0. The van der Waals surface area contributed by atoms with E-state index in [1.165, 1.54) is 21.1 Å². The normalized spacial score (nSPS) is 10.3. The van der Waals surface area contributed by atoms with E-state index in [1.807, 2.05) is 24.3 Å². The first-order valence-electron chi connectivity index (χ1n) is 9.58. The van der Waals surface area contributed by atoms with Gasteiger partial charge in [0.05, 0.1) is 39.6 Å². The van der Waals surface area contributed by atoms with E-state index in [-0.39, 0.29) is 17.2 Å². The molecule has 0 spiro atoms. The Kier molecular flexibility index (Phi) is 6.83. The van der Waals surface area contributed by atoms with E-state index in [0.717, 1.165) is 11.3 Å². The average Bonchev–Trinajstić information content (AvgIpc) is 2.79. The quantitative estimate of drug-likeness (QED) is 0.396. The van der Waals surface area contributed by atoms with E-state index in [9.17, 15) is 10.1 Å². The van der Waals surface area contributed by atoms with E-state index < -0.39 is 5.97 Å². The molecular formula is C24H23NO6. The molecule has 0 aliphatic carbocycles. The fourth-order valence-electron chi connectivity index (χ4n) is 3.34. The minimum absolute atomic E-state index is 0.182. The molecule has 0 radical (unpaired) electrons. The van der Waals surface area contributed by atoms with Gasteiger partial charge in [0.1, 0.15) is 5.75 Å². The van der Waals surface area contributed by atoms with Gasteiger partial charge in [-0.3, -0.25) is 4.79 Å². The van der Waals surface area contributed by atoms with E-state index in [0.29, 0.717) is 35.1 Å². The molecule has 3 aromatic rings. The van der Waals surface area contributed by atoms with Crippen LogP contribution in [0.5, 0.6) is 28.7 Å². The Morgan fingerprint density at radius 1 is 0.903 bits per heavy atom. The summed E-state index contributed by atoms with van der Waals surface area (Å²) in [5, 5.41) is 10.7. The summed E-state index contributed by atoms with van der Waals surface area (Å²) in [5.74, 6) is 1.28. The molecule has 0 fully saturated rings. The molecule has 0 atom stereocenters. The molecule has 3 aromatic carbocycles. The average molecular weight is 421 g/mol. The molecule has 160 valence electrons. The number of rotatable bonds is 8. The fraction of sp³-hybridized carbons (Fsp3) is 0.250. The third-order valence-corrected chi connectivity index (χ3v) is 4.73.